The van der Waals surface area contributed by atoms with Gasteiger partial charge in [0.15, 0.2) is 0 Å². The van der Waals surface area contributed by atoms with Gasteiger partial charge in [-0.25, -0.2) is 0 Å². The molecular weight excluding hydrogens is 248 g/mol. The molecule has 0 N–H and O–H groups in total. The summed E-state index contributed by atoms with van der Waals surface area (Å²) in [6.45, 7) is 12.1. The van der Waals surface area contributed by atoms with E-state index in [-0.39, 0.29) is 0 Å². The fraction of sp³-hybridized carbons (Fsp3) is 0.647. The predicted molar refractivity (Wildman–Crippen MR) is 84.4 cm³/mol. The Bertz CT molecular complexity index is 427. The van der Waals surface area contributed by atoms with Gasteiger partial charge in [0.05, 0.1) is 0 Å². The van der Waals surface area contributed by atoms with Gasteiger partial charge in [-0.05, 0) is 46.4 Å². The summed E-state index contributed by atoms with van der Waals surface area (Å²) < 4.78 is 6.06. The monoisotopic (exact) mass is 276 g/mol. The van der Waals surface area contributed by atoms with Gasteiger partial charge < -0.3 is 9.64 Å². The first-order valence-electron chi connectivity index (χ1n) is 7.64. The van der Waals surface area contributed by atoms with E-state index in [9.17, 15) is 0 Å². The van der Waals surface area contributed by atoms with E-state index < -0.39 is 0 Å². The van der Waals surface area contributed by atoms with Crippen LogP contribution in [0.15, 0.2) is 24.3 Å². The van der Waals surface area contributed by atoms with Crippen molar-refractivity contribution in [3.63, 3.8) is 0 Å². The van der Waals surface area contributed by atoms with E-state index in [1.165, 1.54) is 5.56 Å². The average molecular weight is 276 g/mol. The summed E-state index contributed by atoms with van der Waals surface area (Å²) in [6.07, 6.45) is 0.350. The molecule has 1 aromatic carbocycles. The van der Waals surface area contributed by atoms with E-state index in [0.717, 1.165) is 25.4 Å². The molecule has 1 atom stereocenters. The van der Waals surface area contributed by atoms with E-state index >= 15 is 0 Å². The minimum atomic E-state index is 0.350. The summed E-state index contributed by atoms with van der Waals surface area (Å²) in [5, 5.41) is 0. The van der Waals surface area contributed by atoms with Crippen LogP contribution in [0.5, 0.6) is 5.75 Å². The maximum Gasteiger partial charge on any atom is 0.124 e. The number of nitrogens with zero attached hydrogens (tertiary/aromatic N) is 2. The Morgan fingerprint density at radius 1 is 1.25 bits per heavy atom. The smallest absolute Gasteiger partial charge is 0.124 e. The molecule has 1 saturated heterocycles. The van der Waals surface area contributed by atoms with Gasteiger partial charge in [-0.2, -0.15) is 0 Å². The molecule has 2 rings (SSSR count). The Balaban J connectivity index is 1.76. The van der Waals surface area contributed by atoms with Gasteiger partial charge in [0, 0.05) is 31.7 Å². The maximum absolute atomic E-state index is 6.06. The lowest BCUT2D eigenvalue weighted by molar-refractivity contribution is -0.0137. The molecule has 0 bridgehead atoms. The number of benzene rings is 1. The molecule has 0 spiro atoms. The largest absolute Gasteiger partial charge is 0.487 e. The zero-order chi connectivity index (χ0) is 14.7. The molecule has 1 unspecified atom stereocenters. The summed E-state index contributed by atoms with van der Waals surface area (Å²) >= 11 is 0. The highest BCUT2D eigenvalue weighted by molar-refractivity contribution is 5.32. The molecule has 1 heterocycles. The zero-order valence-corrected chi connectivity index (χ0v) is 13.5. The van der Waals surface area contributed by atoms with Crippen LogP contribution in [0, 0.1) is 6.92 Å². The first-order valence-corrected chi connectivity index (χ1v) is 7.64. The van der Waals surface area contributed by atoms with Crippen LogP contribution < -0.4 is 4.74 Å². The second-order valence-electron chi connectivity index (χ2n) is 6.34. The molecule has 0 amide bonds. The van der Waals surface area contributed by atoms with Gasteiger partial charge in [-0.3, -0.25) is 4.90 Å². The molecule has 0 saturated carbocycles. The van der Waals surface area contributed by atoms with Crippen molar-refractivity contribution in [1.29, 1.82) is 0 Å². The molecule has 3 nitrogen and oxygen atoms in total. The first kappa shape index (κ1) is 15.3. The van der Waals surface area contributed by atoms with E-state index in [4.69, 9.17) is 4.74 Å². The predicted octanol–water partition coefficient (Wildman–Crippen LogP) is 2.79. The molecule has 1 fully saturated rings. The van der Waals surface area contributed by atoms with E-state index in [0.29, 0.717) is 18.2 Å². The number of likely N-dealkylation sites (N-methyl/N-ethyl adjacent to an activating group) is 1. The van der Waals surface area contributed by atoms with Crippen molar-refractivity contribution < 1.29 is 4.74 Å². The van der Waals surface area contributed by atoms with Crippen molar-refractivity contribution in [2.24, 2.45) is 0 Å². The molecule has 1 aromatic rings. The van der Waals surface area contributed by atoms with E-state index in [1.54, 1.807) is 0 Å². The maximum atomic E-state index is 6.06. The molecule has 20 heavy (non-hydrogen) atoms. The van der Waals surface area contributed by atoms with Crippen molar-refractivity contribution in [3.05, 3.63) is 29.8 Å². The quantitative estimate of drug-likeness (QED) is 0.794. The minimum absolute atomic E-state index is 0.350. The number of para-hydroxylation sites is 1. The van der Waals surface area contributed by atoms with Crippen LogP contribution in [0.4, 0.5) is 0 Å². The van der Waals surface area contributed by atoms with Crippen LogP contribution in [-0.2, 0) is 0 Å². The number of rotatable bonds is 6. The molecule has 1 aliphatic rings. The lowest BCUT2D eigenvalue weighted by Gasteiger charge is -2.44. The summed E-state index contributed by atoms with van der Waals surface area (Å²) in [5.41, 5.74) is 1.22. The topological polar surface area (TPSA) is 15.7 Å². The van der Waals surface area contributed by atoms with Crippen LogP contribution >= 0.6 is 0 Å². The van der Waals surface area contributed by atoms with Crippen LogP contribution in [0.3, 0.4) is 0 Å². The van der Waals surface area contributed by atoms with Crippen molar-refractivity contribution >= 4 is 0 Å². The molecule has 0 aromatic heterocycles. The third-order valence-electron chi connectivity index (χ3n) is 4.32. The number of likely N-dealkylation sites (tertiary alicyclic amines) is 1. The van der Waals surface area contributed by atoms with Gasteiger partial charge in [-0.15, -0.1) is 0 Å². The van der Waals surface area contributed by atoms with Gasteiger partial charge in [-0.1, -0.05) is 18.2 Å². The lowest BCUT2D eigenvalue weighted by Crippen LogP contribution is -2.59. The summed E-state index contributed by atoms with van der Waals surface area (Å²) in [5.74, 6) is 1.03. The normalized spacial score (nSPS) is 18.4. The van der Waals surface area contributed by atoms with Crippen molar-refractivity contribution in [3.8, 4) is 5.75 Å². The van der Waals surface area contributed by atoms with Crippen LogP contribution in [0.25, 0.3) is 0 Å². The third-order valence-corrected chi connectivity index (χ3v) is 4.32. The number of hydrogen-bond donors (Lipinski definition) is 0. The molecule has 1 aliphatic heterocycles. The number of aryl methyl sites for hydroxylation is 1. The fourth-order valence-electron chi connectivity index (χ4n) is 2.52. The SMILES string of the molecule is Cc1ccccc1OC1CN(C(C)CN(C)C(C)C)C1. The molecular formula is C17H28N2O. The second-order valence-corrected chi connectivity index (χ2v) is 6.34. The molecule has 0 aliphatic carbocycles. The van der Waals surface area contributed by atoms with Gasteiger partial charge in [0.1, 0.15) is 11.9 Å². The summed E-state index contributed by atoms with van der Waals surface area (Å²) in [7, 11) is 2.20. The highest BCUT2D eigenvalue weighted by atomic mass is 16.5. The Labute approximate surface area is 123 Å². The van der Waals surface area contributed by atoms with Gasteiger partial charge >= 0.3 is 0 Å². The standard InChI is InChI=1S/C17H28N2O/c1-13(2)18(5)10-15(4)19-11-16(12-19)20-17-9-7-6-8-14(17)3/h6-9,13,15-16H,10-12H2,1-5H3. The highest BCUT2D eigenvalue weighted by Gasteiger charge is 2.32. The first-order chi connectivity index (χ1) is 9.47. The summed E-state index contributed by atoms with van der Waals surface area (Å²) in [4.78, 5) is 4.90. The Kier molecular flexibility index (Phi) is 5.06. The molecule has 0 radical (unpaired) electrons. The van der Waals surface area contributed by atoms with Crippen molar-refractivity contribution in [1.82, 2.24) is 9.80 Å². The Morgan fingerprint density at radius 2 is 1.90 bits per heavy atom. The zero-order valence-electron chi connectivity index (χ0n) is 13.5. The number of ether oxygens (including phenoxy) is 1. The Morgan fingerprint density at radius 3 is 2.50 bits per heavy atom. The van der Waals surface area contributed by atoms with Gasteiger partial charge in [0.25, 0.3) is 0 Å². The van der Waals surface area contributed by atoms with E-state index in [2.05, 4.69) is 62.7 Å². The van der Waals surface area contributed by atoms with Crippen LogP contribution in [0.2, 0.25) is 0 Å². The fourth-order valence-corrected chi connectivity index (χ4v) is 2.52. The molecule has 3 heteroatoms. The minimum Gasteiger partial charge on any atom is -0.487 e. The van der Waals surface area contributed by atoms with E-state index in [1.807, 2.05) is 6.07 Å². The summed E-state index contributed by atoms with van der Waals surface area (Å²) in [6, 6.07) is 9.47. The van der Waals surface area contributed by atoms with Gasteiger partial charge in [0.2, 0.25) is 0 Å². The molecule has 112 valence electrons. The van der Waals surface area contributed by atoms with Crippen molar-refractivity contribution in [2.75, 3.05) is 26.7 Å². The second kappa shape index (κ2) is 6.59. The third kappa shape index (κ3) is 3.74. The Hall–Kier alpha value is -1.06. The van der Waals surface area contributed by atoms with Crippen LogP contribution in [0.1, 0.15) is 26.3 Å². The number of hydrogen-bond acceptors (Lipinski definition) is 3. The van der Waals surface area contributed by atoms with Crippen molar-refractivity contribution in [2.45, 2.75) is 45.9 Å². The van der Waals surface area contributed by atoms with Crippen LogP contribution in [-0.4, -0.2) is 54.7 Å². The lowest BCUT2D eigenvalue weighted by atomic mass is 10.1. The average Bonchev–Trinajstić information content (AvgIpc) is 2.34. The highest BCUT2D eigenvalue weighted by Crippen LogP contribution is 2.23.